The third-order valence-corrected chi connectivity index (χ3v) is 5.18. The Labute approximate surface area is 106 Å². The summed E-state index contributed by atoms with van der Waals surface area (Å²) in [5, 5.41) is 10.1. The van der Waals surface area contributed by atoms with Gasteiger partial charge in [0.1, 0.15) is 18.1 Å². The molecular weight excluding hydrogens is 232 g/mol. The number of phenols is 1. The van der Waals surface area contributed by atoms with Crippen LogP contribution in [0.15, 0.2) is 23.1 Å². The molecule has 2 nitrogen and oxygen atoms in total. The maximum Gasteiger partial charge on any atom is 0.133 e. The average molecular weight is 250 g/mol. The van der Waals surface area contributed by atoms with E-state index in [-0.39, 0.29) is 0 Å². The van der Waals surface area contributed by atoms with Crippen molar-refractivity contribution < 1.29 is 9.84 Å². The van der Waals surface area contributed by atoms with Crippen LogP contribution in [0.3, 0.4) is 0 Å². The topological polar surface area (TPSA) is 29.5 Å². The zero-order valence-corrected chi connectivity index (χ0v) is 10.7. The molecule has 1 aliphatic carbocycles. The van der Waals surface area contributed by atoms with Gasteiger partial charge >= 0.3 is 0 Å². The first-order chi connectivity index (χ1) is 8.33. The molecule has 1 saturated carbocycles. The van der Waals surface area contributed by atoms with Gasteiger partial charge in [0.25, 0.3) is 0 Å². The Hall–Kier alpha value is -0.830. The van der Waals surface area contributed by atoms with Crippen LogP contribution in [0.1, 0.15) is 32.1 Å². The quantitative estimate of drug-likeness (QED) is 0.821. The average Bonchev–Trinajstić information content (AvgIpc) is 2.39. The number of thioether (sulfide) groups is 1. The summed E-state index contributed by atoms with van der Waals surface area (Å²) in [6.07, 6.45) is 6.82. The summed E-state index contributed by atoms with van der Waals surface area (Å²) < 4.78 is 5.81. The first kappa shape index (κ1) is 11.3. The van der Waals surface area contributed by atoms with Crippen molar-refractivity contribution in [2.75, 3.05) is 6.61 Å². The van der Waals surface area contributed by atoms with Crippen LogP contribution in [0.25, 0.3) is 0 Å². The lowest BCUT2D eigenvalue weighted by molar-refractivity contribution is 0.244. The molecule has 1 fully saturated rings. The van der Waals surface area contributed by atoms with E-state index in [1.165, 1.54) is 32.1 Å². The fourth-order valence-corrected chi connectivity index (χ4v) is 4.17. The lowest BCUT2D eigenvalue weighted by atomic mass is 9.87. The van der Waals surface area contributed by atoms with Gasteiger partial charge in [-0.15, -0.1) is 11.8 Å². The molecule has 1 atom stereocenters. The Balaban J connectivity index is 1.75. The predicted octanol–water partition coefficient (Wildman–Crippen LogP) is 3.83. The molecule has 1 aromatic rings. The predicted molar refractivity (Wildman–Crippen MR) is 69.8 cm³/mol. The fourth-order valence-electron chi connectivity index (χ4n) is 2.82. The highest BCUT2D eigenvalue weighted by Crippen LogP contribution is 2.44. The van der Waals surface area contributed by atoms with E-state index in [2.05, 4.69) is 0 Å². The first-order valence-corrected chi connectivity index (χ1v) is 7.33. The van der Waals surface area contributed by atoms with E-state index < -0.39 is 0 Å². The smallest absolute Gasteiger partial charge is 0.133 e. The van der Waals surface area contributed by atoms with Crippen LogP contribution in [-0.4, -0.2) is 17.0 Å². The summed E-state index contributed by atoms with van der Waals surface area (Å²) in [4.78, 5) is 1.10. The molecule has 17 heavy (non-hydrogen) atoms. The summed E-state index contributed by atoms with van der Waals surface area (Å²) in [5.74, 6) is 2.06. The Kier molecular flexibility index (Phi) is 3.19. The zero-order chi connectivity index (χ0) is 11.7. The van der Waals surface area contributed by atoms with Gasteiger partial charge in [0, 0.05) is 5.25 Å². The highest BCUT2D eigenvalue weighted by atomic mass is 32.2. The number of phenolic OH excluding ortho intramolecular Hbond substituents is 1. The van der Waals surface area contributed by atoms with E-state index in [9.17, 15) is 5.11 Å². The van der Waals surface area contributed by atoms with Crippen LogP contribution in [0, 0.1) is 5.92 Å². The molecule has 92 valence electrons. The Bertz CT molecular complexity index is 399. The van der Waals surface area contributed by atoms with E-state index in [1.807, 2.05) is 23.9 Å². The van der Waals surface area contributed by atoms with E-state index in [0.29, 0.717) is 11.0 Å². The number of fused-ring (bicyclic) bond motifs is 1. The zero-order valence-electron chi connectivity index (χ0n) is 9.89. The van der Waals surface area contributed by atoms with Gasteiger partial charge < -0.3 is 9.84 Å². The second-order valence-electron chi connectivity index (χ2n) is 5.00. The number of benzene rings is 1. The van der Waals surface area contributed by atoms with Gasteiger partial charge in [0.2, 0.25) is 0 Å². The Morgan fingerprint density at radius 3 is 2.82 bits per heavy atom. The van der Waals surface area contributed by atoms with Crippen LogP contribution in [0.5, 0.6) is 11.5 Å². The minimum atomic E-state index is 0.337. The first-order valence-electron chi connectivity index (χ1n) is 6.45. The van der Waals surface area contributed by atoms with Crippen molar-refractivity contribution in [1.29, 1.82) is 0 Å². The van der Waals surface area contributed by atoms with Gasteiger partial charge in [-0.1, -0.05) is 19.3 Å². The van der Waals surface area contributed by atoms with Gasteiger partial charge in [-0.2, -0.15) is 0 Å². The van der Waals surface area contributed by atoms with Crippen LogP contribution in [-0.2, 0) is 0 Å². The maximum absolute atomic E-state index is 9.52. The summed E-state index contributed by atoms with van der Waals surface area (Å²) in [6, 6.07) is 5.39. The van der Waals surface area contributed by atoms with Crippen molar-refractivity contribution in [2.45, 2.75) is 42.2 Å². The van der Waals surface area contributed by atoms with Gasteiger partial charge in [-0.05, 0) is 37.0 Å². The van der Waals surface area contributed by atoms with E-state index in [0.717, 1.165) is 23.2 Å². The highest BCUT2D eigenvalue weighted by molar-refractivity contribution is 8.00. The third-order valence-electron chi connectivity index (χ3n) is 3.78. The summed E-state index contributed by atoms with van der Waals surface area (Å²) in [6.45, 7) is 0.826. The van der Waals surface area contributed by atoms with Crippen molar-refractivity contribution in [3.05, 3.63) is 18.2 Å². The molecule has 2 aliphatic rings. The molecule has 1 heterocycles. The monoisotopic (exact) mass is 250 g/mol. The molecule has 0 bridgehead atoms. The van der Waals surface area contributed by atoms with Gasteiger partial charge in [-0.25, -0.2) is 0 Å². The minimum Gasteiger partial charge on any atom is -0.508 e. The van der Waals surface area contributed by atoms with Crippen molar-refractivity contribution in [3.8, 4) is 11.5 Å². The lowest BCUT2D eigenvalue weighted by Crippen LogP contribution is -2.28. The van der Waals surface area contributed by atoms with Crippen molar-refractivity contribution in [3.63, 3.8) is 0 Å². The standard InChI is InChI=1S/C14H18O2S/c15-11-6-7-12-13(8-11)17-14(9-16-12)10-4-2-1-3-5-10/h6-8,10,14-15H,1-5,9H2. The van der Waals surface area contributed by atoms with Crippen LogP contribution in [0.4, 0.5) is 0 Å². The van der Waals surface area contributed by atoms with Crippen molar-refractivity contribution in [2.24, 2.45) is 5.92 Å². The fraction of sp³-hybridized carbons (Fsp3) is 0.571. The third kappa shape index (κ3) is 2.39. The van der Waals surface area contributed by atoms with E-state index in [4.69, 9.17) is 4.74 Å². The van der Waals surface area contributed by atoms with E-state index >= 15 is 0 Å². The molecule has 0 radical (unpaired) electrons. The molecule has 1 aromatic carbocycles. The molecule has 3 heteroatoms. The Morgan fingerprint density at radius 1 is 1.18 bits per heavy atom. The highest BCUT2D eigenvalue weighted by Gasteiger charge is 2.29. The molecule has 3 rings (SSSR count). The van der Waals surface area contributed by atoms with Gasteiger partial charge in [0.15, 0.2) is 0 Å². The van der Waals surface area contributed by atoms with Gasteiger partial charge in [-0.3, -0.25) is 0 Å². The van der Waals surface area contributed by atoms with E-state index in [1.54, 1.807) is 6.07 Å². The number of hydrogen-bond acceptors (Lipinski definition) is 3. The second kappa shape index (κ2) is 4.81. The number of hydrogen-bond donors (Lipinski definition) is 1. The minimum absolute atomic E-state index is 0.337. The molecule has 1 N–H and O–H groups in total. The normalized spacial score (nSPS) is 25.1. The van der Waals surface area contributed by atoms with Crippen LogP contribution in [0.2, 0.25) is 0 Å². The number of rotatable bonds is 1. The summed E-state index contributed by atoms with van der Waals surface area (Å²) >= 11 is 1.89. The maximum atomic E-state index is 9.52. The molecule has 0 amide bonds. The summed E-state index contributed by atoms with van der Waals surface area (Å²) in [5.41, 5.74) is 0. The number of aromatic hydroxyl groups is 1. The molecule has 1 unspecified atom stereocenters. The lowest BCUT2D eigenvalue weighted by Gasteiger charge is -2.33. The largest absolute Gasteiger partial charge is 0.508 e. The SMILES string of the molecule is Oc1ccc2c(c1)SC(C1CCCCC1)CO2. The number of ether oxygens (including phenoxy) is 1. The van der Waals surface area contributed by atoms with Crippen LogP contribution >= 0.6 is 11.8 Å². The van der Waals surface area contributed by atoms with Gasteiger partial charge in [0.05, 0.1) is 4.90 Å². The molecule has 0 aromatic heterocycles. The second-order valence-corrected chi connectivity index (χ2v) is 6.28. The molecule has 1 aliphatic heterocycles. The molecule has 0 spiro atoms. The van der Waals surface area contributed by atoms with Crippen LogP contribution < -0.4 is 4.74 Å². The molecular formula is C14H18O2S. The van der Waals surface area contributed by atoms with Crippen molar-refractivity contribution >= 4 is 11.8 Å². The Morgan fingerprint density at radius 2 is 2.00 bits per heavy atom. The van der Waals surface area contributed by atoms with Crippen molar-refractivity contribution in [1.82, 2.24) is 0 Å². The summed E-state index contributed by atoms with van der Waals surface area (Å²) in [7, 11) is 0. The molecule has 0 saturated heterocycles.